The molecule has 1 aromatic heterocycles. The van der Waals surface area contributed by atoms with Crippen molar-refractivity contribution in [2.75, 3.05) is 12.4 Å². The topological polar surface area (TPSA) is 51.2 Å². The van der Waals surface area contributed by atoms with Gasteiger partial charge in [-0.15, -0.1) is 0 Å². The SMILES string of the molecule is COc1ccc(C(=O)Nc2ccnc3ccccc23)cc1. The summed E-state index contributed by atoms with van der Waals surface area (Å²) in [5.74, 6) is 0.565. The van der Waals surface area contributed by atoms with Crippen LogP contribution in [0.25, 0.3) is 10.9 Å². The minimum Gasteiger partial charge on any atom is -0.497 e. The second-order valence-corrected chi connectivity index (χ2v) is 4.56. The third kappa shape index (κ3) is 2.69. The second kappa shape index (κ2) is 5.63. The van der Waals surface area contributed by atoms with E-state index in [9.17, 15) is 4.79 Å². The van der Waals surface area contributed by atoms with Crippen molar-refractivity contribution < 1.29 is 9.53 Å². The van der Waals surface area contributed by atoms with Crippen LogP contribution in [0.1, 0.15) is 10.4 Å². The lowest BCUT2D eigenvalue weighted by Crippen LogP contribution is -2.12. The van der Waals surface area contributed by atoms with E-state index in [1.54, 1.807) is 43.6 Å². The average Bonchev–Trinajstić information content (AvgIpc) is 2.55. The molecule has 0 saturated heterocycles. The molecule has 0 bridgehead atoms. The molecule has 0 fully saturated rings. The predicted molar refractivity (Wildman–Crippen MR) is 82.7 cm³/mol. The number of ether oxygens (including phenoxy) is 1. The molecule has 4 heteroatoms. The quantitative estimate of drug-likeness (QED) is 0.797. The monoisotopic (exact) mass is 278 g/mol. The van der Waals surface area contributed by atoms with Gasteiger partial charge in [-0.05, 0) is 36.4 Å². The van der Waals surface area contributed by atoms with Crippen LogP contribution in [-0.2, 0) is 0 Å². The fourth-order valence-electron chi connectivity index (χ4n) is 2.14. The molecule has 0 aliphatic carbocycles. The largest absolute Gasteiger partial charge is 0.497 e. The maximum absolute atomic E-state index is 12.3. The lowest BCUT2D eigenvalue weighted by Gasteiger charge is -2.08. The van der Waals surface area contributed by atoms with Crippen LogP contribution in [0, 0.1) is 0 Å². The van der Waals surface area contributed by atoms with Crippen LogP contribution in [0.3, 0.4) is 0 Å². The first-order chi connectivity index (χ1) is 10.3. The molecule has 1 amide bonds. The van der Waals surface area contributed by atoms with E-state index in [0.717, 1.165) is 22.3 Å². The molecule has 1 heterocycles. The smallest absolute Gasteiger partial charge is 0.255 e. The van der Waals surface area contributed by atoms with E-state index < -0.39 is 0 Å². The molecule has 0 radical (unpaired) electrons. The first-order valence-corrected chi connectivity index (χ1v) is 6.57. The van der Waals surface area contributed by atoms with Crippen LogP contribution >= 0.6 is 0 Å². The molecule has 0 atom stereocenters. The summed E-state index contributed by atoms with van der Waals surface area (Å²) in [4.78, 5) is 16.6. The van der Waals surface area contributed by atoms with Crippen molar-refractivity contribution in [3.05, 3.63) is 66.4 Å². The average molecular weight is 278 g/mol. The number of anilines is 1. The van der Waals surface area contributed by atoms with Crippen LogP contribution in [0.5, 0.6) is 5.75 Å². The third-order valence-electron chi connectivity index (χ3n) is 3.25. The van der Waals surface area contributed by atoms with Crippen LogP contribution in [0.15, 0.2) is 60.8 Å². The number of pyridine rings is 1. The predicted octanol–water partition coefficient (Wildman–Crippen LogP) is 3.50. The fourth-order valence-corrected chi connectivity index (χ4v) is 2.14. The normalized spacial score (nSPS) is 10.3. The van der Waals surface area contributed by atoms with E-state index in [4.69, 9.17) is 4.74 Å². The molecule has 0 aliphatic heterocycles. The molecule has 104 valence electrons. The number of rotatable bonds is 3. The van der Waals surface area contributed by atoms with Crippen LogP contribution < -0.4 is 10.1 Å². The highest BCUT2D eigenvalue weighted by Crippen LogP contribution is 2.22. The van der Waals surface area contributed by atoms with Crippen LogP contribution in [0.2, 0.25) is 0 Å². The highest BCUT2D eigenvalue weighted by molar-refractivity contribution is 6.08. The van der Waals surface area contributed by atoms with Gasteiger partial charge in [0.25, 0.3) is 5.91 Å². The lowest BCUT2D eigenvalue weighted by atomic mass is 10.1. The molecular weight excluding hydrogens is 264 g/mol. The molecule has 0 saturated carbocycles. The number of methoxy groups -OCH3 is 1. The zero-order valence-electron chi connectivity index (χ0n) is 11.5. The summed E-state index contributed by atoms with van der Waals surface area (Å²) < 4.78 is 5.08. The minimum atomic E-state index is -0.158. The van der Waals surface area contributed by atoms with Gasteiger partial charge in [0.15, 0.2) is 0 Å². The molecule has 3 rings (SSSR count). The number of benzene rings is 2. The standard InChI is InChI=1S/C17H14N2O2/c1-21-13-8-6-12(7-9-13)17(20)19-16-10-11-18-15-5-3-2-4-14(15)16/h2-11H,1H3,(H,18,19,20). The highest BCUT2D eigenvalue weighted by Gasteiger charge is 2.08. The molecule has 0 aliphatic rings. The Kier molecular flexibility index (Phi) is 3.51. The summed E-state index contributed by atoms with van der Waals surface area (Å²) in [5, 5.41) is 3.84. The Morgan fingerprint density at radius 3 is 2.57 bits per heavy atom. The highest BCUT2D eigenvalue weighted by atomic mass is 16.5. The number of carbonyl (C=O) groups excluding carboxylic acids is 1. The number of nitrogens with zero attached hydrogens (tertiary/aromatic N) is 1. The number of para-hydroxylation sites is 1. The van der Waals surface area contributed by atoms with Gasteiger partial charge in [0.05, 0.1) is 18.3 Å². The number of hydrogen-bond acceptors (Lipinski definition) is 3. The number of amides is 1. The lowest BCUT2D eigenvalue weighted by molar-refractivity contribution is 0.102. The van der Waals surface area contributed by atoms with Crippen molar-refractivity contribution in [2.24, 2.45) is 0 Å². The summed E-state index contributed by atoms with van der Waals surface area (Å²) >= 11 is 0. The van der Waals surface area contributed by atoms with Gasteiger partial charge >= 0.3 is 0 Å². The second-order valence-electron chi connectivity index (χ2n) is 4.56. The Labute approximate surface area is 122 Å². The molecule has 0 spiro atoms. The van der Waals surface area contributed by atoms with Crippen LogP contribution in [0.4, 0.5) is 5.69 Å². The van der Waals surface area contributed by atoms with Crippen molar-refractivity contribution >= 4 is 22.5 Å². The van der Waals surface area contributed by atoms with Crippen molar-refractivity contribution in [1.29, 1.82) is 0 Å². The molecule has 0 unspecified atom stereocenters. The van der Waals surface area contributed by atoms with Crippen molar-refractivity contribution in [3.8, 4) is 5.75 Å². The van der Waals surface area contributed by atoms with Gasteiger partial charge in [-0.3, -0.25) is 9.78 Å². The molecule has 2 aromatic carbocycles. The Bertz CT molecular complexity index is 777. The molecule has 3 aromatic rings. The van der Waals surface area contributed by atoms with Gasteiger partial charge in [-0.25, -0.2) is 0 Å². The molecule has 4 nitrogen and oxygen atoms in total. The van der Waals surface area contributed by atoms with Crippen LogP contribution in [-0.4, -0.2) is 18.0 Å². The first-order valence-electron chi connectivity index (χ1n) is 6.57. The van der Waals surface area contributed by atoms with Gasteiger partial charge in [0.2, 0.25) is 0 Å². The zero-order chi connectivity index (χ0) is 14.7. The van der Waals surface area contributed by atoms with Gasteiger partial charge in [0.1, 0.15) is 5.75 Å². The Morgan fingerprint density at radius 2 is 1.81 bits per heavy atom. The third-order valence-corrected chi connectivity index (χ3v) is 3.25. The molecule has 1 N–H and O–H groups in total. The van der Waals surface area contributed by atoms with E-state index in [1.807, 2.05) is 24.3 Å². The number of carbonyl (C=O) groups is 1. The van der Waals surface area contributed by atoms with E-state index >= 15 is 0 Å². The van der Waals surface area contributed by atoms with Crippen molar-refractivity contribution in [2.45, 2.75) is 0 Å². The van der Waals surface area contributed by atoms with E-state index in [0.29, 0.717) is 5.56 Å². The van der Waals surface area contributed by atoms with E-state index in [-0.39, 0.29) is 5.91 Å². The number of nitrogens with one attached hydrogen (secondary N) is 1. The zero-order valence-corrected chi connectivity index (χ0v) is 11.5. The Hall–Kier alpha value is -2.88. The van der Waals surface area contributed by atoms with Crippen molar-refractivity contribution in [3.63, 3.8) is 0 Å². The van der Waals surface area contributed by atoms with Gasteiger partial charge in [-0.2, -0.15) is 0 Å². The van der Waals surface area contributed by atoms with Gasteiger partial charge in [0, 0.05) is 17.1 Å². The fraction of sp³-hybridized carbons (Fsp3) is 0.0588. The summed E-state index contributed by atoms with van der Waals surface area (Å²) in [5.41, 5.74) is 2.18. The number of fused-ring (bicyclic) bond motifs is 1. The first kappa shape index (κ1) is 13.1. The maximum atomic E-state index is 12.3. The Morgan fingerprint density at radius 1 is 1.05 bits per heavy atom. The summed E-state index contributed by atoms with van der Waals surface area (Å²) in [7, 11) is 1.60. The Balaban J connectivity index is 1.89. The summed E-state index contributed by atoms with van der Waals surface area (Å²) in [6.45, 7) is 0. The summed E-state index contributed by atoms with van der Waals surface area (Å²) in [6.07, 6.45) is 1.69. The number of aromatic nitrogens is 1. The van der Waals surface area contributed by atoms with E-state index in [1.165, 1.54) is 0 Å². The van der Waals surface area contributed by atoms with E-state index in [2.05, 4.69) is 10.3 Å². The minimum absolute atomic E-state index is 0.158. The van der Waals surface area contributed by atoms with Gasteiger partial charge in [-0.1, -0.05) is 18.2 Å². The maximum Gasteiger partial charge on any atom is 0.255 e. The van der Waals surface area contributed by atoms with Gasteiger partial charge < -0.3 is 10.1 Å². The molecule has 21 heavy (non-hydrogen) atoms. The molecular formula is C17H14N2O2. The van der Waals surface area contributed by atoms with Crippen molar-refractivity contribution in [1.82, 2.24) is 4.98 Å². The summed E-state index contributed by atoms with van der Waals surface area (Å²) in [6, 6.07) is 16.5. The number of hydrogen-bond donors (Lipinski definition) is 1.